The van der Waals surface area contributed by atoms with E-state index in [1.54, 1.807) is 7.05 Å². The van der Waals surface area contributed by atoms with Gasteiger partial charge in [-0.05, 0) is 30.9 Å². The lowest BCUT2D eigenvalue weighted by molar-refractivity contribution is -0.138. The number of nitrogens with zero attached hydrogens (tertiary/aromatic N) is 2. The summed E-state index contributed by atoms with van der Waals surface area (Å²) in [5.41, 5.74) is 2.16. The number of hydrogen-bond donors (Lipinski definition) is 1. The number of benzene rings is 1. The van der Waals surface area contributed by atoms with E-state index in [-0.39, 0.29) is 11.8 Å². The van der Waals surface area contributed by atoms with Gasteiger partial charge in [0.2, 0.25) is 5.91 Å². The standard InChI is InChI=1S/C20H25N3O2/c1-21-20(24)16-10-15-11-23(9-8-19(15)25-13-16)12-17-7-6-14-4-2-3-5-18(14)22-17/h2-7,15-16,19H,8-13H2,1H3,(H,21,24)/t15-,16-,19+/m1/s1. The van der Waals surface area contributed by atoms with E-state index in [9.17, 15) is 4.79 Å². The highest BCUT2D eigenvalue weighted by atomic mass is 16.5. The highest BCUT2D eigenvalue weighted by Gasteiger charge is 2.37. The van der Waals surface area contributed by atoms with Crippen molar-refractivity contribution in [2.45, 2.75) is 25.5 Å². The summed E-state index contributed by atoms with van der Waals surface area (Å²) < 4.78 is 5.97. The summed E-state index contributed by atoms with van der Waals surface area (Å²) in [4.78, 5) is 19.2. The summed E-state index contributed by atoms with van der Waals surface area (Å²) in [6.07, 6.45) is 2.27. The number of carbonyl (C=O) groups excluding carboxylic acids is 1. The lowest BCUT2D eigenvalue weighted by atomic mass is 9.83. The van der Waals surface area contributed by atoms with Gasteiger partial charge < -0.3 is 10.1 Å². The van der Waals surface area contributed by atoms with Gasteiger partial charge in [-0.3, -0.25) is 14.7 Å². The predicted molar refractivity (Wildman–Crippen MR) is 97.0 cm³/mol. The Kier molecular flexibility index (Phi) is 4.68. The van der Waals surface area contributed by atoms with Gasteiger partial charge in [-0.2, -0.15) is 0 Å². The lowest BCUT2D eigenvalue weighted by Crippen LogP contribution is -2.50. The van der Waals surface area contributed by atoms with Gasteiger partial charge in [0.15, 0.2) is 0 Å². The summed E-state index contributed by atoms with van der Waals surface area (Å²) in [5, 5.41) is 3.94. The number of piperidine rings is 1. The average molecular weight is 339 g/mol. The third-order valence-electron chi connectivity index (χ3n) is 5.51. The highest BCUT2D eigenvalue weighted by molar-refractivity contribution is 5.79. The van der Waals surface area contributed by atoms with Crippen molar-refractivity contribution >= 4 is 16.8 Å². The van der Waals surface area contributed by atoms with Crippen molar-refractivity contribution < 1.29 is 9.53 Å². The Bertz CT molecular complexity index is 763. The van der Waals surface area contributed by atoms with Crippen LogP contribution in [0.25, 0.3) is 10.9 Å². The molecule has 0 bridgehead atoms. The molecule has 2 saturated heterocycles. The van der Waals surface area contributed by atoms with Gasteiger partial charge in [0.25, 0.3) is 0 Å². The van der Waals surface area contributed by atoms with Crippen molar-refractivity contribution in [2.24, 2.45) is 11.8 Å². The number of amides is 1. The number of rotatable bonds is 3. The van der Waals surface area contributed by atoms with Gasteiger partial charge in [0.05, 0.1) is 29.8 Å². The van der Waals surface area contributed by atoms with Gasteiger partial charge in [0.1, 0.15) is 0 Å². The van der Waals surface area contributed by atoms with E-state index in [1.807, 2.05) is 12.1 Å². The third-order valence-corrected chi connectivity index (χ3v) is 5.51. The Morgan fingerprint density at radius 3 is 3.08 bits per heavy atom. The summed E-state index contributed by atoms with van der Waals surface area (Å²) >= 11 is 0. The maximum Gasteiger partial charge on any atom is 0.225 e. The smallest absolute Gasteiger partial charge is 0.225 e. The fourth-order valence-corrected chi connectivity index (χ4v) is 4.16. The zero-order valence-electron chi connectivity index (χ0n) is 14.6. The Labute approximate surface area is 148 Å². The van der Waals surface area contributed by atoms with Crippen LogP contribution >= 0.6 is 0 Å². The van der Waals surface area contributed by atoms with Crippen molar-refractivity contribution in [1.82, 2.24) is 15.2 Å². The molecule has 0 unspecified atom stereocenters. The van der Waals surface area contributed by atoms with Gasteiger partial charge >= 0.3 is 0 Å². The first-order valence-electron chi connectivity index (χ1n) is 9.13. The zero-order valence-corrected chi connectivity index (χ0v) is 14.6. The van der Waals surface area contributed by atoms with Crippen molar-refractivity contribution in [1.29, 1.82) is 0 Å². The van der Waals surface area contributed by atoms with Crippen LogP contribution in [0, 0.1) is 11.8 Å². The lowest BCUT2D eigenvalue weighted by Gasteiger charge is -2.43. The molecule has 3 atom stereocenters. The Balaban J connectivity index is 1.42. The monoisotopic (exact) mass is 339 g/mol. The second-order valence-corrected chi connectivity index (χ2v) is 7.20. The van der Waals surface area contributed by atoms with E-state index >= 15 is 0 Å². The average Bonchev–Trinajstić information content (AvgIpc) is 2.66. The topological polar surface area (TPSA) is 54.5 Å². The molecule has 2 aliphatic rings. The Hall–Kier alpha value is -1.98. The van der Waals surface area contributed by atoms with Gasteiger partial charge in [-0.1, -0.05) is 24.3 Å². The second-order valence-electron chi connectivity index (χ2n) is 7.20. The number of fused-ring (bicyclic) bond motifs is 2. The fourth-order valence-electron chi connectivity index (χ4n) is 4.16. The molecule has 0 spiro atoms. The largest absolute Gasteiger partial charge is 0.377 e. The number of para-hydroxylation sites is 1. The van der Waals surface area contributed by atoms with E-state index in [0.717, 1.165) is 43.7 Å². The molecule has 5 nitrogen and oxygen atoms in total. The SMILES string of the molecule is CNC(=O)[C@H]1CO[C@H]2CCN(Cc3ccc4ccccc4n3)C[C@H]2C1. The van der Waals surface area contributed by atoms with Gasteiger partial charge in [-0.15, -0.1) is 0 Å². The van der Waals surface area contributed by atoms with E-state index < -0.39 is 0 Å². The second kappa shape index (κ2) is 7.10. The predicted octanol–water partition coefficient (Wildman–Crippen LogP) is 2.21. The van der Waals surface area contributed by atoms with Crippen molar-refractivity contribution in [2.75, 3.05) is 26.7 Å². The van der Waals surface area contributed by atoms with E-state index in [4.69, 9.17) is 9.72 Å². The number of hydrogen-bond acceptors (Lipinski definition) is 4. The molecule has 25 heavy (non-hydrogen) atoms. The summed E-state index contributed by atoms with van der Waals surface area (Å²) in [7, 11) is 1.70. The number of ether oxygens (including phenoxy) is 1. The van der Waals surface area contributed by atoms with Crippen LogP contribution in [0.5, 0.6) is 0 Å². The molecule has 5 heteroatoms. The van der Waals surface area contributed by atoms with Crippen LogP contribution in [0.15, 0.2) is 36.4 Å². The zero-order chi connectivity index (χ0) is 17.2. The maximum absolute atomic E-state index is 11.9. The van der Waals surface area contributed by atoms with Crippen LogP contribution in [0.2, 0.25) is 0 Å². The number of nitrogens with one attached hydrogen (secondary N) is 1. The molecule has 1 aromatic heterocycles. The van der Waals surface area contributed by atoms with Crippen LogP contribution in [-0.2, 0) is 16.1 Å². The minimum Gasteiger partial charge on any atom is -0.377 e. The van der Waals surface area contributed by atoms with E-state index in [1.165, 1.54) is 5.39 Å². The molecule has 0 radical (unpaired) electrons. The molecule has 1 aromatic carbocycles. The number of aromatic nitrogens is 1. The van der Waals surface area contributed by atoms with Crippen LogP contribution in [0.1, 0.15) is 18.5 Å². The number of carbonyl (C=O) groups is 1. The summed E-state index contributed by atoms with van der Waals surface area (Å²) in [6.45, 7) is 3.43. The highest BCUT2D eigenvalue weighted by Crippen LogP contribution is 2.32. The molecular formula is C20H25N3O2. The first-order chi connectivity index (χ1) is 12.2. The minimum absolute atomic E-state index is 0.00926. The van der Waals surface area contributed by atoms with Crippen molar-refractivity contribution in [3.8, 4) is 0 Å². The van der Waals surface area contributed by atoms with E-state index in [2.05, 4.69) is 34.5 Å². The quantitative estimate of drug-likeness (QED) is 0.931. The van der Waals surface area contributed by atoms with Crippen LogP contribution in [0.3, 0.4) is 0 Å². The normalized spacial score (nSPS) is 27.0. The molecule has 2 aliphatic heterocycles. The molecular weight excluding hydrogens is 314 g/mol. The molecule has 0 saturated carbocycles. The van der Waals surface area contributed by atoms with Crippen molar-refractivity contribution in [3.63, 3.8) is 0 Å². The molecule has 0 aliphatic carbocycles. The molecule has 3 heterocycles. The van der Waals surface area contributed by atoms with Gasteiger partial charge in [-0.25, -0.2) is 0 Å². The van der Waals surface area contributed by atoms with Crippen LogP contribution in [0.4, 0.5) is 0 Å². The first kappa shape index (κ1) is 16.5. The number of likely N-dealkylation sites (tertiary alicyclic amines) is 1. The molecule has 2 aromatic rings. The first-order valence-corrected chi connectivity index (χ1v) is 9.13. The molecule has 1 N–H and O–H groups in total. The van der Waals surface area contributed by atoms with Crippen LogP contribution in [-0.4, -0.2) is 48.6 Å². The van der Waals surface area contributed by atoms with Gasteiger partial charge in [0, 0.05) is 32.1 Å². The molecule has 132 valence electrons. The Morgan fingerprint density at radius 1 is 1.32 bits per heavy atom. The summed E-state index contributed by atoms with van der Waals surface area (Å²) in [6, 6.07) is 12.5. The number of pyridine rings is 1. The van der Waals surface area contributed by atoms with Crippen LogP contribution < -0.4 is 5.32 Å². The molecule has 4 rings (SSSR count). The summed E-state index contributed by atoms with van der Waals surface area (Å²) in [5.74, 6) is 0.530. The molecule has 2 fully saturated rings. The fraction of sp³-hybridized carbons (Fsp3) is 0.500. The third kappa shape index (κ3) is 3.53. The minimum atomic E-state index is -0.00926. The van der Waals surface area contributed by atoms with Crippen molar-refractivity contribution in [3.05, 3.63) is 42.1 Å². The van der Waals surface area contributed by atoms with E-state index in [0.29, 0.717) is 18.6 Å². The Morgan fingerprint density at radius 2 is 2.20 bits per heavy atom. The maximum atomic E-state index is 11.9. The molecule has 1 amide bonds.